The Morgan fingerprint density at radius 2 is 2.06 bits per heavy atom. The first-order valence-corrected chi connectivity index (χ1v) is 6.66. The number of nitrogens with one attached hydrogen (secondary N) is 2. The van der Waals surface area contributed by atoms with E-state index in [0.29, 0.717) is 12.5 Å². The molecule has 3 N–H and O–H groups in total. The molecule has 0 aliphatic carbocycles. The molecule has 0 bridgehead atoms. The first kappa shape index (κ1) is 14.7. The molecule has 0 aliphatic rings. The van der Waals surface area contributed by atoms with Crippen LogP contribution in [-0.2, 0) is 0 Å². The number of hydrogen-bond acceptors (Lipinski definition) is 5. The SMILES string of the molecule is CCCNc1ncc(C)c(NCC(O)CCC)n1. The van der Waals surface area contributed by atoms with Gasteiger partial charge in [-0.05, 0) is 19.8 Å². The zero-order valence-corrected chi connectivity index (χ0v) is 11.5. The van der Waals surface area contributed by atoms with Crippen LogP contribution in [0.15, 0.2) is 6.20 Å². The molecule has 1 unspecified atom stereocenters. The molecule has 1 atom stereocenters. The van der Waals surface area contributed by atoms with Crippen LogP contribution >= 0.6 is 0 Å². The highest BCUT2D eigenvalue weighted by Gasteiger charge is 2.06. The van der Waals surface area contributed by atoms with Crippen LogP contribution in [0.2, 0.25) is 0 Å². The minimum absolute atomic E-state index is 0.323. The van der Waals surface area contributed by atoms with Crippen LogP contribution < -0.4 is 10.6 Å². The molecule has 18 heavy (non-hydrogen) atoms. The van der Waals surface area contributed by atoms with E-state index in [1.807, 2.05) is 6.92 Å². The minimum Gasteiger partial charge on any atom is -0.391 e. The number of hydrogen-bond donors (Lipinski definition) is 3. The molecule has 1 heterocycles. The number of rotatable bonds is 8. The fraction of sp³-hybridized carbons (Fsp3) is 0.692. The van der Waals surface area contributed by atoms with Crippen molar-refractivity contribution < 1.29 is 5.11 Å². The normalized spacial score (nSPS) is 12.2. The van der Waals surface area contributed by atoms with E-state index in [1.54, 1.807) is 6.20 Å². The van der Waals surface area contributed by atoms with Gasteiger partial charge in [0.05, 0.1) is 6.10 Å². The van der Waals surface area contributed by atoms with Crippen molar-refractivity contribution in [3.05, 3.63) is 11.8 Å². The summed E-state index contributed by atoms with van der Waals surface area (Å²) in [5, 5.41) is 16.0. The molecule has 0 aromatic carbocycles. The summed E-state index contributed by atoms with van der Waals surface area (Å²) in [7, 11) is 0. The van der Waals surface area contributed by atoms with Gasteiger partial charge in [0.15, 0.2) is 0 Å². The van der Waals surface area contributed by atoms with Crippen molar-refractivity contribution in [3.63, 3.8) is 0 Å². The number of nitrogens with zero attached hydrogens (tertiary/aromatic N) is 2. The quantitative estimate of drug-likeness (QED) is 0.661. The number of aliphatic hydroxyl groups excluding tert-OH is 1. The summed E-state index contributed by atoms with van der Waals surface area (Å²) in [5.74, 6) is 1.42. The van der Waals surface area contributed by atoms with Gasteiger partial charge in [-0.3, -0.25) is 0 Å². The number of anilines is 2. The third-order valence-corrected chi connectivity index (χ3v) is 2.63. The van der Waals surface area contributed by atoms with Crippen LogP contribution in [0.3, 0.4) is 0 Å². The van der Waals surface area contributed by atoms with E-state index in [-0.39, 0.29) is 6.10 Å². The highest BCUT2D eigenvalue weighted by molar-refractivity contribution is 5.46. The highest BCUT2D eigenvalue weighted by atomic mass is 16.3. The topological polar surface area (TPSA) is 70.1 Å². The fourth-order valence-corrected chi connectivity index (χ4v) is 1.59. The summed E-state index contributed by atoms with van der Waals surface area (Å²) >= 11 is 0. The van der Waals surface area contributed by atoms with Crippen molar-refractivity contribution in [2.24, 2.45) is 0 Å². The lowest BCUT2D eigenvalue weighted by molar-refractivity contribution is 0.176. The van der Waals surface area contributed by atoms with Crippen molar-refractivity contribution in [2.75, 3.05) is 23.7 Å². The Labute approximate surface area is 109 Å². The molecule has 1 rings (SSSR count). The predicted octanol–water partition coefficient (Wildman–Crippen LogP) is 2.18. The van der Waals surface area contributed by atoms with Gasteiger partial charge in [-0.2, -0.15) is 4.98 Å². The molecule has 0 aliphatic heterocycles. The summed E-state index contributed by atoms with van der Waals surface area (Å²) in [6.07, 6.45) is 4.29. The molecular weight excluding hydrogens is 228 g/mol. The second-order valence-electron chi connectivity index (χ2n) is 4.48. The summed E-state index contributed by atoms with van der Waals surface area (Å²) < 4.78 is 0. The average molecular weight is 252 g/mol. The monoisotopic (exact) mass is 252 g/mol. The van der Waals surface area contributed by atoms with E-state index in [0.717, 1.165) is 37.2 Å². The van der Waals surface area contributed by atoms with E-state index in [9.17, 15) is 5.11 Å². The minimum atomic E-state index is -0.323. The van der Waals surface area contributed by atoms with Gasteiger partial charge in [-0.15, -0.1) is 0 Å². The van der Waals surface area contributed by atoms with Crippen LogP contribution in [-0.4, -0.2) is 34.3 Å². The second kappa shape index (κ2) is 7.87. The summed E-state index contributed by atoms with van der Waals surface area (Å²) in [6.45, 7) is 7.51. The van der Waals surface area contributed by atoms with Crippen molar-refractivity contribution in [1.82, 2.24) is 9.97 Å². The van der Waals surface area contributed by atoms with Crippen molar-refractivity contribution >= 4 is 11.8 Å². The number of aromatic nitrogens is 2. The van der Waals surface area contributed by atoms with E-state index in [1.165, 1.54) is 0 Å². The zero-order valence-electron chi connectivity index (χ0n) is 11.5. The third kappa shape index (κ3) is 4.87. The van der Waals surface area contributed by atoms with Crippen molar-refractivity contribution in [2.45, 2.75) is 46.1 Å². The second-order valence-corrected chi connectivity index (χ2v) is 4.48. The van der Waals surface area contributed by atoms with Crippen LogP contribution in [0.25, 0.3) is 0 Å². The van der Waals surface area contributed by atoms with Gasteiger partial charge in [0.25, 0.3) is 0 Å². The lowest BCUT2D eigenvalue weighted by Crippen LogP contribution is -2.20. The molecule has 0 amide bonds. The van der Waals surface area contributed by atoms with Gasteiger partial charge < -0.3 is 15.7 Å². The molecule has 0 spiro atoms. The molecule has 5 heteroatoms. The van der Waals surface area contributed by atoms with Gasteiger partial charge >= 0.3 is 0 Å². The van der Waals surface area contributed by atoms with E-state index < -0.39 is 0 Å². The Kier molecular flexibility index (Phi) is 6.43. The number of aliphatic hydroxyl groups is 1. The lowest BCUT2D eigenvalue weighted by Gasteiger charge is -2.13. The fourth-order valence-electron chi connectivity index (χ4n) is 1.59. The molecule has 0 saturated heterocycles. The van der Waals surface area contributed by atoms with Crippen molar-refractivity contribution in [3.8, 4) is 0 Å². The summed E-state index contributed by atoms with van der Waals surface area (Å²) in [4.78, 5) is 8.61. The molecule has 0 radical (unpaired) electrons. The lowest BCUT2D eigenvalue weighted by atomic mass is 10.2. The summed E-state index contributed by atoms with van der Waals surface area (Å²) in [5.41, 5.74) is 0.987. The molecular formula is C13H24N4O. The van der Waals surface area contributed by atoms with Crippen LogP contribution in [0, 0.1) is 6.92 Å². The van der Waals surface area contributed by atoms with Crippen LogP contribution in [0.5, 0.6) is 0 Å². The molecule has 102 valence electrons. The first-order chi connectivity index (χ1) is 8.67. The Hall–Kier alpha value is -1.36. The maximum atomic E-state index is 9.69. The van der Waals surface area contributed by atoms with E-state index >= 15 is 0 Å². The Bertz CT molecular complexity index is 357. The largest absolute Gasteiger partial charge is 0.391 e. The molecule has 0 saturated carbocycles. The standard InChI is InChI=1S/C13H24N4O/c1-4-6-11(18)9-15-12-10(3)8-16-13(17-12)14-7-5-2/h8,11,18H,4-7,9H2,1-3H3,(H2,14,15,16,17). The maximum absolute atomic E-state index is 9.69. The van der Waals surface area contributed by atoms with Gasteiger partial charge in [-0.1, -0.05) is 20.3 Å². The van der Waals surface area contributed by atoms with Gasteiger partial charge in [0.1, 0.15) is 5.82 Å². The third-order valence-electron chi connectivity index (χ3n) is 2.63. The van der Waals surface area contributed by atoms with E-state index in [2.05, 4.69) is 34.4 Å². The Morgan fingerprint density at radius 3 is 2.72 bits per heavy atom. The zero-order chi connectivity index (χ0) is 13.4. The Morgan fingerprint density at radius 1 is 1.28 bits per heavy atom. The van der Waals surface area contributed by atoms with Crippen molar-refractivity contribution in [1.29, 1.82) is 0 Å². The molecule has 0 fully saturated rings. The molecule has 1 aromatic heterocycles. The maximum Gasteiger partial charge on any atom is 0.224 e. The number of aryl methyl sites for hydroxylation is 1. The predicted molar refractivity (Wildman–Crippen MR) is 75.0 cm³/mol. The first-order valence-electron chi connectivity index (χ1n) is 6.66. The van der Waals surface area contributed by atoms with E-state index in [4.69, 9.17) is 0 Å². The van der Waals surface area contributed by atoms with Gasteiger partial charge in [0.2, 0.25) is 5.95 Å². The highest BCUT2D eigenvalue weighted by Crippen LogP contribution is 2.12. The van der Waals surface area contributed by atoms with Crippen LogP contribution in [0.1, 0.15) is 38.7 Å². The molecule has 1 aromatic rings. The van der Waals surface area contributed by atoms with Crippen LogP contribution in [0.4, 0.5) is 11.8 Å². The molecule has 5 nitrogen and oxygen atoms in total. The van der Waals surface area contributed by atoms with Gasteiger partial charge in [-0.25, -0.2) is 4.98 Å². The van der Waals surface area contributed by atoms with Gasteiger partial charge in [0, 0.05) is 24.8 Å². The average Bonchev–Trinajstić information content (AvgIpc) is 2.36. The smallest absolute Gasteiger partial charge is 0.224 e. The Balaban J connectivity index is 2.57. The summed E-state index contributed by atoms with van der Waals surface area (Å²) in [6, 6.07) is 0.